The van der Waals surface area contributed by atoms with E-state index in [1.54, 1.807) is 4.90 Å². The van der Waals surface area contributed by atoms with Crippen LogP contribution in [0.5, 0.6) is 5.75 Å². The van der Waals surface area contributed by atoms with Crippen LogP contribution in [0.1, 0.15) is 34.7 Å². The fourth-order valence-corrected chi connectivity index (χ4v) is 3.61. The molecule has 2 aliphatic heterocycles. The standard InChI is InChI=1S/C20H21FN2O2/c21-18-11-15(5-8-19(18)24)20(25)23-12-16(13-23)14-3-6-17(7-4-14)22-9-1-2-10-22/h3-8,11,16,24H,1-2,9-10,12-13H2. The summed E-state index contributed by atoms with van der Waals surface area (Å²) in [5.74, 6) is -1.06. The zero-order chi connectivity index (χ0) is 17.4. The van der Waals surface area contributed by atoms with Gasteiger partial charge in [-0.15, -0.1) is 0 Å². The molecule has 130 valence electrons. The molecule has 0 aliphatic carbocycles. The number of hydrogen-bond acceptors (Lipinski definition) is 3. The van der Waals surface area contributed by atoms with Crippen LogP contribution < -0.4 is 4.90 Å². The summed E-state index contributed by atoms with van der Waals surface area (Å²) in [5, 5.41) is 9.22. The SMILES string of the molecule is O=C(c1ccc(O)c(F)c1)N1CC(c2ccc(N3CCCC3)cc2)C1. The third-order valence-electron chi connectivity index (χ3n) is 5.20. The lowest BCUT2D eigenvalue weighted by molar-refractivity contribution is 0.0602. The van der Waals surface area contributed by atoms with E-state index in [-0.39, 0.29) is 11.5 Å². The van der Waals surface area contributed by atoms with Gasteiger partial charge in [-0.25, -0.2) is 4.39 Å². The van der Waals surface area contributed by atoms with E-state index in [1.165, 1.54) is 36.2 Å². The quantitative estimate of drug-likeness (QED) is 0.932. The second-order valence-corrected chi connectivity index (χ2v) is 6.86. The van der Waals surface area contributed by atoms with E-state index < -0.39 is 11.6 Å². The third-order valence-corrected chi connectivity index (χ3v) is 5.20. The van der Waals surface area contributed by atoms with Crippen LogP contribution in [-0.4, -0.2) is 42.1 Å². The van der Waals surface area contributed by atoms with Crippen molar-refractivity contribution < 1.29 is 14.3 Å². The van der Waals surface area contributed by atoms with Crippen molar-refractivity contribution in [3.8, 4) is 5.75 Å². The Bertz CT molecular complexity index is 779. The van der Waals surface area contributed by atoms with Crippen LogP contribution in [0.4, 0.5) is 10.1 Å². The molecule has 2 saturated heterocycles. The highest BCUT2D eigenvalue weighted by molar-refractivity contribution is 5.95. The fraction of sp³-hybridized carbons (Fsp3) is 0.350. The largest absolute Gasteiger partial charge is 0.505 e. The first-order valence-corrected chi connectivity index (χ1v) is 8.74. The maximum atomic E-state index is 13.4. The van der Waals surface area contributed by atoms with Gasteiger partial charge in [-0.05, 0) is 48.7 Å². The van der Waals surface area contributed by atoms with E-state index in [0.29, 0.717) is 19.0 Å². The number of hydrogen-bond donors (Lipinski definition) is 1. The molecule has 2 heterocycles. The van der Waals surface area contributed by atoms with Crippen molar-refractivity contribution in [3.05, 3.63) is 59.4 Å². The number of carbonyl (C=O) groups excluding carboxylic acids is 1. The van der Waals surface area contributed by atoms with Crippen molar-refractivity contribution in [2.24, 2.45) is 0 Å². The van der Waals surface area contributed by atoms with E-state index in [9.17, 15) is 14.3 Å². The molecule has 0 atom stereocenters. The lowest BCUT2D eigenvalue weighted by atomic mass is 9.90. The van der Waals surface area contributed by atoms with Gasteiger partial charge in [0.2, 0.25) is 0 Å². The highest BCUT2D eigenvalue weighted by atomic mass is 19.1. The van der Waals surface area contributed by atoms with Crippen LogP contribution in [0.25, 0.3) is 0 Å². The smallest absolute Gasteiger partial charge is 0.254 e. The lowest BCUT2D eigenvalue weighted by Gasteiger charge is -2.39. The Kier molecular flexibility index (Phi) is 4.07. The van der Waals surface area contributed by atoms with E-state index in [1.807, 2.05) is 0 Å². The molecule has 0 saturated carbocycles. The average Bonchev–Trinajstić information content (AvgIpc) is 3.11. The maximum absolute atomic E-state index is 13.4. The van der Waals surface area contributed by atoms with Gasteiger partial charge in [-0.2, -0.15) is 0 Å². The number of carbonyl (C=O) groups is 1. The maximum Gasteiger partial charge on any atom is 0.254 e. The number of benzene rings is 2. The molecule has 1 N–H and O–H groups in total. The van der Waals surface area contributed by atoms with E-state index in [4.69, 9.17) is 0 Å². The second-order valence-electron chi connectivity index (χ2n) is 6.86. The minimum Gasteiger partial charge on any atom is -0.505 e. The molecule has 0 radical (unpaired) electrons. The van der Waals surface area contributed by atoms with Crippen molar-refractivity contribution in [2.75, 3.05) is 31.1 Å². The molecule has 25 heavy (non-hydrogen) atoms. The predicted octanol–water partition coefficient (Wildman–Crippen LogP) is 3.37. The molecular weight excluding hydrogens is 319 g/mol. The van der Waals surface area contributed by atoms with Gasteiger partial charge in [0.1, 0.15) is 0 Å². The summed E-state index contributed by atoms with van der Waals surface area (Å²) in [6.45, 7) is 3.55. The Morgan fingerprint density at radius 2 is 1.72 bits per heavy atom. The third kappa shape index (κ3) is 3.06. The Morgan fingerprint density at radius 3 is 2.36 bits per heavy atom. The van der Waals surface area contributed by atoms with Crippen molar-refractivity contribution in [1.29, 1.82) is 0 Å². The average molecular weight is 340 g/mol. The van der Waals surface area contributed by atoms with Gasteiger partial charge in [0, 0.05) is 43.3 Å². The number of aromatic hydroxyl groups is 1. The first kappa shape index (κ1) is 15.9. The molecule has 0 aromatic heterocycles. The zero-order valence-corrected chi connectivity index (χ0v) is 14.0. The number of phenols is 1. The highest BCUT2D eigenvalue weighted by Crippen LogP contribution is 2.31. The topological polar surface area (TPSA) is 43.8 Å². The fourth-order valence-electron chi connectivity index (χ4n) is 3.61. The Labute approximate surface area is 146 Å². The second kappa shape index (κ2) is 6.39. The molecule has 1 amide bonds. The monoisotopic (exact) mass is 340 g/mol. The molecule has 0 spiro atoms. The van der Waals surface area contributed by atoms with Gasteiger partial charge < -0.3 is 14.9 Å². The Hall–Kier alpha value is -2.56. The van der Waals surface area contributed by atoms with Crippen molar-refractivity contribution in [2.45, 2.75) is 18.8 Å². The van der Waals surface area contributed by atoms with Crippen LogP contribution in [0, 0.1) is 5.82 Å². The molecule has 2 aromatic rings. The Morgan fingerprint density at radius 1 is 1.04 bits per heavy atom. The summed E-state index contributed by atoms with van der Waals surface area (Å²) in [7, 11) is 0. The van der Waals surface area contributed by atoms with Gasteiger partial charge in [-0.3, -0.25) is 4.79 Å². The van der Waals surface area contributed by atoms with Crippen LogP contribution in [0.15, 0.2) is 42.5 Å². The molecule has 4 rings (SSSR count). The van der Waals surface area contributed by atoms with E-state index in [2.05, 4.69) is 29.2 Å². The summed E-state index contributed by atoms with van der Waals surface area (Å²) in [6, 6.07) is 12.4. The minimum atomic E-state index is -0.763. The molecule has 2 aliphatic rings. The number of anilines is 1. The minimum absolute atomic E-state index is 0.191. The number of phenolic OH excluding ortho intramolecular Hbond substituents is 1. The molecule has 2 aromatic carbocycles. The number of nitrogens with zero attached hydrogens (tertiary/aromatic N) is 2. The summed E-state index contributed by atoms with van der Waals surface area (Å²) in [4.78, 5) is 16.5. The molecule has 4 nitrogen and oxygen atoms in total. The number of rotatable bonds is 3. The van der Waals surface area contributed by atoms with Crippen LogP contribution in [-0.2, 0) is 0 Å². The number of amides is 1. The van der Waals surface area contributed by atoms with Gasteiger partial charge in [0.05, 0.1) is 0 Å². The first-order chi connectivity index (χ1) is 12.1. The number of halogens is 1. The van der Waals surface area contributed by atoms with Crippen LogP contribution >= 0.6 is 0 Å². The molecule has 0 unspecified atom stereocenters. The highest BCUT2D eigenvalue weighted by Gasteiger charge is 2.32. The molecule has 5 heteroatoms. The van der Waals surface area contributed by atoms with E-state index in [0.717, 1.165) is 19.2 Å². The summed E-state index contributed by atoms with van der Waals surface area (Å²) in [6.07, 6.45) is 2.53. The summed E-state index contributed by atoms with van der Waals surface area (Å²) in [5.41, 5.74) is 2.79. The van der Waals surface area contributed by atoms with Crippen LogP contribution in [0.2, 0.25) is 0 Å². The Balaban J connectivity index is 1.38. The van der Waals surface area contributed by atoms with Gasteiger partial charge in [-0.1, -0.05) is 12.1 Å². The summed E-state index contributed by atoms with van der Waals surface area (Å²) < 4.78 is 13.4. The summed E-state index contributed by atoms with van der Waals surface area (Å²) >= 11 is 0. The predicted molar refractivity (Wildman–Crippen MR) is 94.6 cm³/mol. The van der Waals surface area contributed by atoms with Crippen molar-refractivity contribution in [1.82, 2.24) is 4.90 Å². The van der Waals surface area contributed by atoms with Gasteiger partial charge in [0.15, 0.2) is 11.6 Å². The zero-order valence-electron chi connectivity index (χ0n) is 14.0. The lowest BCUT2D eigenvalue weighted by Crippen LogP contribution is -2.48. The van der Waals surface area contributed by atoms with Gasteiger partial charge >= 0.3 is 0 Å². The molecule has 2 fully saturated rings. The molecular formula is C20H21FN2O2. The van der Waals surface area contributed by atoms with E-state index >= 15 is 0 Å². The molecule has 0 bridgehead atoms. The first-order valence-electron chi connectivity index (χ1n) is 8.74. The van der Waals surface area contributed by atoms with Crippen molar-refractivity contribution >= 4 is 11.6 Å². The normalized spacial score (nSPS) is 17.6. The van der Waals surface area contributed by atoms with Gasteiger partial charge in [0.25, 0.3) is 5.91 Å². The van der Waals surface area contributed by atoms with Crippen LogP contribution in [0.3, 0.4) is 0 Å². The van der Waals surface area contributed by atoms with Crippen molar-refractivity contribution in [3.63, 3.8) is 0 Å². The number of likely N-dealkylation sites (tertiary alicyclic amines) is 1.